The largest absolute Gasteiger partial charge is 0.506 e. The molecule has 1 amide bonds. The van der Waals surface area contributed by atoms with Crippen molar-refractivity contribution >= 4 is 17.4 Å². The number of para-hydroxylation sites is 2. The number of phenols is 1. The molecule has 0 saturated heterocycles. The van der Waals surface area contributed by atoms with Crippen LogP contribution in [0.3, 0.4) is 0 Å². The van der Waals surface area contributed by atoms with Crippen molar-refractivity contribution in [2.45, 2.75) is 25.8 Å². The molecule has 0 spiro atoms. The third-order valence-corrected chi connectivity index (χ3v) is 5.62. The summed E-state index contributed by atoms with van der Waals surface area (Å²) in [6.45, 7) is 1.89. The minimum Gasteiger partial charge on any atom is -0.506 e. The van der Waals surface area contributed by atoms with Crippen LogP contribution < -0.4 is 4.90 Å². The third kappa shape index (κ3) is 3.82. The molecule has 1 aliphatic rings. The summed E-state index contributed by atoms with van der Waals surface area (Å²) in [4.78, 5) is 27.7. The fraction of sp³-hybridized carbons (Fsp3) is 0.154. The first-order valence-electron chi connectivity index (χ1n) is 10.2. The van der Waals surface area contributed by atoms with E-state index in [1.54, 1.807) is 18.2 Å². The van der Waals surface area contributed by atoms with Gasteiger partial charge in [0, 0.05) is 6.42 Å². The number of ketones is 1. The van der Waals surface area contributed by atoms with Crippen molar-refractivity contribution in [1.29, 1.82) is 0 Å². The Bertz CT molecular complexity index is 1170. The van der Waals surface area contributed by atoms with Crippen LogP contribution in [-0.4, -0.2) is 21.9 Å². The fourth-order valence-corrected chi connectivity index (χ4v) is 4.03. The molecule has 3 aromatic rings. The molecule has 156 valence electrons. The summed E-state index contributed by atoms with van der Waals surface area (Å²) >= 11 is 0. The Balaban J connectivity index is 1.77. The number of carbonyl (C=O) groups excluding carboxylic acids is 2. The number of benzene rings is 3. The molecule has 3 aromatic carbocycles. The Hall–Kier alpha value is -3.86. The van der Waals surface area contributed by atoms with Crippen molar-refractivity contribution in [2.75, 3.05) is 4.90 Å². The van der Waals surface area contributed by atoms with E-state index in [-0.39, 0.29) is 29.2 Å². The topological polar surface area (TPSA) is 77.8 Å². The summed E-state index contributed by atoms with van der Waals surface area (Å²) in [5, 5.41) is 21.2. The highest BCUT2D eigenvalue weighted by Gasteiger charge is 2.45. The number of aromatic hydroxyl groups is 1. The van der Waals surface area contributed by atoms with Gasteiger partial charge in [-0.2, -0.15) is 0 Å². The summed E-state index contributed by atoms with van der Waals surface area (Å²) in [5.41, 5.74) is 2.93. The van der Waals surface area contributed by atoms with Crippen LogP contribution >= 0.6 is 0 Å². The second kappa shape index (κ2) is 8.48. The first-order valence-corrected chi connectivity index (χ1v) is 10.2. The zero-order valence-corrected chi connectivity index (χ0v) is 17.2. The normalized spacial score (nSPS) is 16.1. The molecular weight excluding hydrogens is 390 g/mol. The van der Waals surface area contributed by atoms with Crippen LogP contribution in [-0.2, 0) is 16.0 Å². The number of aliphatic hydroxyl groups excluding tert-OH is 1. The van der Waals surface area contributed by atoms with E-state index in [9.17, 15) is 19.8 Å². The number of aliphatic hydroxyl groups is 1. The van der Waals surface area contributed by atoms with Gasteiger partial charge in [-0.1, -0.05) is 66.7 Å². The number of hydrogen-bond donors (Lipinski definition) is 2. The summed E-state index contributed by atoms with van der Waals surface area (Å²) in [5.74, 6) is -1.64. The number of Topliss-reactive ketones (excluding diaryl/α,β-unsaturated/α-hetero) is 1. The lowest BCUT2D eigenvalue weighted by molar-refractivity contribution is -0.118. The van der Waals surface area contributed by atoms with Crippen LogP contribution in [0.2, 0.25) is 0 Å². The minimum atomic E-state index is -0.815. The zero-order valence-electron chi connectivity index (χ0n) is 17.2. The molecule has 0 aliphatic carbocycles. The quantitative estimate of drug-likeness (QED) is 0.608. The van der Waals surface area contributed by atoms with Crippen molar-refractivity contribution in [3.63, 3.8) is 0 Å². The maximum Gasteiger partial charge on any atom is 0.294 e. The Kier molecular flexibility index (Phi) is 5.58. The van der Waals surface area contributed by atoms with Crippen LogP contribution in [0.5, 0.6) is 5.75 Å². The number of anilines is 1. The van der Waals surface area contributed by atoms with E-state index in [1.807, 2.05) is 61.5 Å². The van der Waals surface area contributed by atoms with E-state index in [1.165, 1.54) is 11.0 Å². The molecule has 1 unspecified atom stereocenters. The minimum absolute atomic E-state index is 0.0680. The summed E-state index contributed by atoms with van der Waals surface area (Å²) in [6.07, 6.45) is 0.662. The first-order chi connectivity index (χ1) is 15.0. The van der Waals surface area contributed by atoms with Gasteiger partial charge in [0.25, 0.3) is 5.91 Å². The van der Waals surface area contributed by atoms with Gasteiger partial charge >= 0.3 is 0 Å². The van der Waals surface area contributed by atoms with Gasteiger partial charge in [-0.05, 0) is 42.2 Å². The molecule has 0 saturated carbocycles. The molecule has 1 aliphatic heterocycles. The number of phenolic OH excluding ortho intramolecular Hbond substituents is 1. The lowest BCUT2D eigenvalue weighted by Crippen LogP contribution is -2.31. The van der Waals surface area contributed by atoms with E-state index in [2.05, 4.69) is 0 Å². The fourth-order valence-electron chi connectivity index (χ4n) is 4.03. The predicted molar refractivity (Wildman–Crippen MR) is 119 cm³/mol. The first kappa shape index (κ1) is 20.4. The van der Waals surface area contributed by atoms with E-state index in [0.717, 1.165) is 16.7 Å². The van der Waals surface area contributed by atoms with Gasteiger partial charge in [-0.25, -0.2) is 0 Å². The van der Waals surface area contributed by atoms with Crippen LogP contribution in [0.15, 0.2) is 90.2 Å². The van der Waals surface area contributed by atoms with Crippen molar-refractivity contribution in [2.24, 2.45) is 0 Å². The number of amides is 1. The SMILES string of the molecule is Cc1ccccc1C1C(C(=O)CCc2ccccc2)=C(O)C(=O)N1c1ccccc1O. The second-order valence-electron chi connectivity index (χ2n) is 7.59. The molecule has 31 heavy (non-hydrogen) atoms. The maximum absolute atomic E-state index is 13.3. The Morgan fingerprint density at radius 2 is 1.55 bits per heavy atom. The summed E-state index contributed by atoms with van der Waals surface area (Å²) < 4.78 is 0. The van der Waals surface area contributed by atoms with Crippen LogP contribution in [0.4, 0.5) is 5.69 Å². The van der Waals surface area contributed by atoms with Crippen molar-refractivity contribution in [1.82, 2.24) is 0 Å². The second-order valence-corrected chi connectivity index (χ2v) is 7.59. The van der Waals surface area contributed by atoms with Gasteiger partial charge < -0.3 is 10.2 Å². The Morgan fingerprint density at radius 3 is 2.26 bits per heavy atom. The number of rotatable bonds is 6. The average Bonchev–Trinajstić information content (AvgIpc) is 3.04. The summed E-state index contributed by atoms with van der Waals surface area (Å²) in [7, 11) is 0. The van der Waals surface area contributed by atoms with Crippen molar-refractivity contribution in [3.05, 3.63) is 107 Å². The van der Waals surface area contributed by atoms with Crippen molar-refractivity contribution < 1.29 is 19.8 Å². The number of aryl methyl sites for hydroxylation is 2. The molecule has 2 N–H and O–H groups in total. The Morgan fingerprint density at radius 1 is 0.903 bits per heavy atom. The highest BCUT2D eigenvalue weighted by Crippen LogP contribution is 2.44. The molecule has 0 radical (unpaired) electrons. The summed E-state index contributed by atoms with van der Waals surface area (Å²) in [6, 6.07) is 22.7. The molecule has 5 heteroatoms. The van der Waals surface area contributed by atoms with Gasteiger partial charge in [0.1, 0.15) is 5.75 Å². The van der Waals surface area contributed by atoms with Gasteiger partial charge in [-0.15, -0.1) is 0 Å². The Labute approximate surface area is 180 Å². The average molecular weight is 413 g/mol. The molecule has 0 fully saturated rings. The van der Waals surface area contributed by atoms with Gasteiger partial charge in [0.2, 0.25) is 0 Å². The zero-order chi connectivity index (χ0) is 22.0. The van der Waals surface area contributed by atoms with Crippen LogP contribution in [0, 0.1) is 6.92 Å². The van der Waals surface area contributed by atoms with E-state index in [0.29, 0.717) is 6.42 Å². The number of nitrogens with zero attached hydrogens (tertiary/aromatic N) is 1. The van der Waals surface area contributed by atoms with Crippen LogP contribution in [0.25, 0.3) is 0 Å². The molecular formula is C26H23NO4. The maximum atomic E-state index is 13.3. The van der Waals surface area contributed by atoms with Gasteiger partial charge in [-0.3, -0.25) is 14.5 Å². The van der Waals surface area contributed by atoms with E-state index in [4.69, 9.17) is 0 Å². The van der Waals surface area contributed by atoms with Gasteiger partial charge in [0.15, 0.2) is 11.5 Å². The molecule has 4 rings (SSSR count). The predicted octanol–water partition coefficient (Wildman–Crippen LogP) is 4.80. The molecule has 1 heterocycles. The van der Waals surface area contributed by atoms with E-state index < -0.39 is 17.7 Å². The molecule has 0 bridgehead atoms. The standard InChI is InChI=1S/C26H23NO4/c1-17-9-5-6-12-19(17)24-23(22(29)16-15-18-10-3-2-4-11-18)25(30)26(31)27(24)20-13-7-8-14-21(20)28/h2-14,24,28,30H,15-16H2,1H3. The molecule has 5 nitrogen and oxygen atoms in total. The smallest absolute Gasteiger partial charge is 0.294 e. The number of carbonyl (C=O) groups is 2. The highest BCUT2D eigenvalue weighted by molar-refractivity contribution is 6.17. The van der Waals surface area contributed by atoms with Crippen molar-refractivity contribution in [3.8, 4) is 5.75 Å². The monoisotopic (exact) mass is 413 g/mol. The third-order valence-electron chi connectivity index (χ3n) is 5.62. The van der Waals surface area contributed by atoms with Crippen LogP contribution in [0.1, 0.15) is 29.2 Å². The van der Waals surface area contributed by atoms with Gasteiger partial charge in [0.05, 0.1) is 17.3 Å². The molecule has 1 atom stereocenters. The lowest BCUT2D eigenvalue weighted by Gasteiger charge is -2.28. The number of hydrogen-bond acceptors (Lipinski definition) is 4. The highest BCUT2D eigenvalue weighted by atomic mass is 16.3. The van der Waals surface area contributed by atoms with E-state index >= 15 is 0 Å². The molecule has 0 aromatic heterocycles. The lowest BCUT2D eigenvalue weighted by atomic mass is 9.90.